The lowest BCUT2D eigenvalue weighted by molar-refractivity contribution is -0.114. The first-order valence-electron chi connectivity index (χ1n) is 4.45. The van der Waals surface area contributed by atoms with Crippen molar-refractivity contribution in [2.24, 2.45) is 23.0 Å². The number of Topliss-reactive ketones (excluding diaryl/α,β-unsaturated/α-hetero) is 1. The quantitative estimate of drug-likeness (QED) is 0.639. The summed E-state index contributed by atoms with van der Waals surface area (Å²) in [5.74, 6) is 1.29. The molecule has 12 heavy (non-hydrogen) atoms. The molecule has 2 nitrogen and oxygen atoms in total. The highest BCUT2D eigenvalue weighted by atomic mass is 16.1. The minimum atomic E-state index is 0.172. The zero-order chi connectivity index (χ0) is 9.09. The van der Waals surface area contributed by atoms with Gasteiger partial charge in [0.15, 0.2) is 5.78 Å². The number of ketones is 1. The molecule has 0 spiro atoms. The smallest absolute Gasteiger partial charge is 0.157 e. The number of fused-ring (bicyclic) bond motifs is 1. The lowest BCUT2D eigenvalue weighted by Crippen LogP contribution is -2.11. The summed E-state index contributed by atoms with van der Waals surface area (Å²) >= 11 is 0. The second-order valence-corrected chi connectivity index (χ2v) is 4.60. The van der Waals surface area contributed by atoms with Crippen molar-refractivity contribution in [1.29, 1.82) is 0 Å². The third kappa shape index (κ3) is 0.728. The largest absolute Gasteiger partial charge is 0.402 e. The Hall–Kier alpha value is -0.790. The Labute approximate surface area is 72.8 Å². The van der Waals surface area contributed by atoms with Crippen molar-refractivity contribution in [2.75, 3.05) is 0 Å². The molecular weight excluding hydrogens is 150 g/mol. The lowest BCUT2D eigenvalue weighted by atomic mass is 9.96. The number of rotatable bonds is 1. The van der Waals surface area contributed by atoms with Crippen LogP contribution in [-0.2, 0) is 4.79 Å². The molecule has 2 atom stereocenters. The van der Waals surface area contributed by atoms with E-state index in [1.807, 2.05) is 0 Å². The number of nitrogens with two attached hydrogens (primary N) is 1. The molecule has 2 heteroatoms. The van der Waals surface area contributed by atoms with Crippen molar-refractivity contribution in [3.8, 4) is 0 Å². The summed E-state index contributed by atoms with van der Waals surface area (Å²) < 4.78 is 0. The van der Waals surface area contributed by atoms with Gasteiger partial charge in [0.25, 0.3) is 0 Å². The molecule has 0 aromatic heterocycles. The molecule has 2 aliphatic carbocycles. The summed E-state index contributed by atoms with van der Waals surface area (Å²) in [4.78, 5) is 11.2. The van der Waals surface area contributed by atoms with Crippen LogP contribution in [0.1, 0.15) is 27.2 Å². The van der Waals surface area contributed by atoms with Crippen molar-refractivity contribution in [2.45, 2.75) is 27.2 Å². The van der Waals surface area contributed by atoms with Gasteiger partial charge in [-0.3, -0.25) is 4.79 Å². The monoisotopic (exact) mass is 165 g/mol. The first-order chi connectivity index (χ1) is 5.46. The molecule has 0 amide bonds. The number of hydrogen-bond donors (Lipinski definition) is 1. The number of carbonyl (C=O) groups excluding carboxylic acids is 1. The topological polar surface area (TPSA) is 43.1 Å². The van der Waals surface area contributed by atoms with Gasteiger partial charge in [-0.1, -0.05) is 13.8 Å². The number of carbonyl (C=O) groups is 1. The molecule has 0 heterocycles. The van der Waals surface area contributed by atoms with Gasteiger partial charge in [-0.2, -0.15) is 0 Å². The Kier molecular flexibility index (Phi) is 1.26. The molecule has 2 aliphatic rings. The molecule has 0 bridgehead atoms. The van der Waals surface area contributed by atoms with E-state index >= 15 is 0 Å². The van der Waals surface area contributed by atoms with E-state index in [9.17, 15) is 4.79 Å². The molecule has 1 saturated carbocycles. The first-order valence-corrected chi connectivity index (χ1v) is 4.45. The van der Waals surface area contributed by atoms with Crippen LogP contribution >= 0.6 is 0 Å². The van der Waals surface area contributed by atoms with Crippen molar-refractivity contribution < 1.29 is 4.79 Å². The summed E-state index contributed by atoms with van der Waals surface area (Å²) in [6.45, 7) is 6.06. The van der Waals surface area contributed by atoms with Crippen LogP contribution in [-0.4, -0.2) is 5.78 Å². The maximum Gasteiger partial charge on any atom is 0.157 e. The second-order valence-electron chi connectivity index (χ2n) is 4.60. The molecule has 2 rings (SSSR count). The van der Waals surface area contributed by atoms with Crippen LogP contribution in [0.25, 0.3) is 0 Å². The summed E-state index contributed by atoms with van der Waals surface area (Å²) in [5.41, 5.74) is 7.88. The van der Waals surface area contributed by atoms with Gasteiger partial charge in [-0.15, -0.1) is 0 Å². The average molecular weight is 165 g/mol. The molecular formula is C10H15NO. The highest BCUT2D eigenvalue weighted by Gasteiger charge is 2.63. The third-order valence-corrected chi connectivity index (χ3v) is 3.53. The van der Waals surface area contributed by atoms with E-state index in [2.05, 4.69) is 13.8 Å². The fraction of sp³-hybridized carbons (Fsp3) is 0.700. The summed E-state index contributed by atoms with van der Waals surface area (Å²) in [7, 11) is 0. The fourth-order valence-electron chi connectivity index (χ4n) is 2.69. The minimum Gasteiger partial charge on any atom is -0.402 e. The van der Waals surface area contributed by atoms with E-state index in [0.717, 1.165) is 17.7 Å². The SMILES string of the molecule is CC(=O)C1=C(N)CC2C1C2(C)C. The van der Waals surface area contributed by atoms with E-state index in [4.69, 9.17) is 5.73 Å². The Bertz CT molecular complexity index is 288. The molecule has 0 radical (unpaired) electrons. The van der Waals surface area contributed by atoms with Gasteiger partial charge < -0.3 is 5.73 Å². The molecule has 66 valence electrons. The zero-order valence-corrected chi connectivity index (χ0v) is 7.85. The molecule has 2 N–H and O–H groups in total. The van der Waals surface area contributed by atoms with Crippen LogP contribution in [0.3, 0.4) is 0 Å². The minimum absolute atomic E-state index is 0.172. The van der Waals surface area contributed by atoms with Crippen molar-refractivity contribution in [3.63, 3.8) is 0 Å². The van der Waals surface area contributed by atoms with Gasteiger partial charge in [-0.25, -0.2) is 0 Å². The van der Waals surface area contributed by atoms with Gasteiger partial charge >= 0.3 is 0 Å². The maximum atomic E-state index is 11.2. The standard InChI is InChI=1S/C10H15NO/c1-5(12)8-7(11)4-6-9(8)10(6,2)3/h6,9H,4,11H2,1-3H3. The van der Waals surface area contributed by atoms with Crippen LogP contribution in [0.2, 0.25) is 0 Å². The fourth-order valence-corrected chi connectivity index (χ4v) is 2.69. The highest BCUT2D eigenvalue weighted by molar-refractivity contribution is 5.96. The van der Waals surface area contributed by atoms with Crippen LogP contribution in [0, 0.1) is 17.3 Å². The predicted octanol–water partition coefficient (Wildman–Crippen LogP) is 1.46. The van der Waals surface area contributed by atoms with E-state index in [1.54, 1.807) is 6.92 Å². The maximum absolute atomic E-state index is 11.2. The van der Waals surface area contributed by atoms with Gasteiger partial charge in [0, 0.05) is 11.3 Å². The molecule has 2 unspecified atom stereocenters. The van der Waals surface area contributed by atoms with Gasteiger partial charge in [0.2, 0.25) is 0 Å². The third-order valence-electron chi connectivity index (χ3n) is 3.53. The molecule has 0 saturated heterocycles. The number of hydrogen-bond acceptors (Lipinski definition) is 2. The van der Waals surface area contributed by atoms with E-state index < -0.39 is 0 Å². The van der Waals surface area contributed by atoms with Gasteiger partial charge in [0.05, 0.1) is 0 Å². The van der Waals surface area contributed by atoms with Crippen LogP contribution in [0.15, 0.2) is 11.3 Å². The molecule has 0 aliphatic heterocycles. The summed E-state index contributed by atoms with van der Waals surface area (Å²) in [5, 5.41) is 0. The Morgan fingerprint density at radius 3 is 2.50 bits per heavy atom. The van der Waals surface area contributed by atoms with Crippen molar-refractivity contribution >= 4 is 5.78 Å². The van der Waals surface area contributed by atoms with E-state index in [0.29, 0.717) is 17.3 Å². The molecule has 0 aromatic carbocycles. The Morgan fingerprint density at radius 2 is 2.17 bits per heavy atom. The zero-order valence-electron chi connectivity index (χ0n) is 7.85. The highest BCUT2D eigenvalue weighted by Crippen LogP contribution is 2.67. The molecule has 1 fully saturated rings. The summed E-state index contributed by atoms with van der Waals surface area (Å²) in [6, 6.07) is 0. The van der Waals surface area contributed by atoms with Gasteiger partial charge in [0.1, 0.15) is 0 Å². The van der Waals surface area contributed by atoms with Crippen molar-refractivity contribution in [3.05, 3.63) is 11.3 Å². The average Bonchev–Trinajstić information content (AvgIpc) is 2.40. The normalized spacial score (nSPS) is 36.6. The van der Waals surface area contributed by atoms with Crippen LogP contribution < -0.4 is 5.73 Å². The summed E-state index contributed by atoms with van der Waals surface area (Å²) in [6.07, 6.45) is 0.937. The Balaban J connectivity index is 2.33. The van der Waals surface area contributed by atoms with Gasteiger partial charge in [-0.05, 0) is 30.6 Å². The second kappa shape index (κ2) is 1.93. The van der Waals surface area contributed by atoms with Crippen molar-refractivity contribution in [1.82, 2.24) is 0 Å². The first kappa shape index (κ1) is 7.84. The van der Waals surface area contributed by atoms with Crippen LogP contribution in [0.5, 0.6) is 0 Å². The number of allylic oxidation sites excluding steroid dienone is 2. The van der Waals surface area contributed by atoms with E-state index in [-0.39, 0.29) is 5.78 Å². The van der Waals surface area contributed by atoms with Crippen LogP contribution in [0.4, 0.5) is 0 Å². The predicted molar refractivity (Wildman–Crippen MR) is 47.3 cm³/mol. The van der Waals surface area contributed by atoms with E-state index in [1.165, 1.54) is 0 Å². The molecule has 0 aromatic rings. The lowest BCUT2D eigenvalue weighted by Gasteiger charge is -2.10. The Morgan fingerprint density at radius 1 is 1.58 bits per heavy atom.